The predicted molar refractivity (Wildman–Crippen MR) is 83.8 cm³/mol. The summed E-state index contributed by atoms with van der Waals surface area (Å²) in [5.41, 5.74) is 0.105. The number of nitrogens with one attached hydrogen (secondary N) is 1. The number of rotatable bonds is 4. The van der Waals surface area contributed by atoms with E-state index in [9.17, 15) is 13.2 Å². The molecule has 21 heavy (non-hydrogen) atoms. The Morgan fingerprint density at radius 2 is 1.95 bits per heavy atom. The summed E-state index contributed by atoms with van der Waals surface area (Å²) in [4.78, 5) is 11.9. The molecule has 1 fully saturated rings. The lowest BCUT2D eigenvalue weighted by Gasteiger charge is -2.38. The Balaban J connectivity index is 2.25. The first-order valence-corrected chi connectivity index (χ1v) is 9.41. The van der Waals surface area contributed by atoms with Gasteiger partial charge in [0, 0.05) is 17.2 Å². The van der Waals surface area contributed by atoms with Crippen molar-refractivity contribution in [3.05, 3.63) is 27.7 Å². The lowest BCUT2D eigenvalue weighted by atomic mass is 9.70. The standard InChI is InChI=1S/C13H14Cl3NO3S/c1-13(3-2-4-13)7-17-12(18)9-5-8(21(16,19)20)6-10(14)11(9)15/h5-6H,2-4,7H2,1H3,(H,17,18). The Hall–Kier alpha value is -0.490. The molecule has 0 saturated heterocycles. The van der Waals surface area contributed by atoms with Crippen LogP contribution in [0.5, 0.6) is 0 Å². The molecule has 0 spiro atoms. The fourth-order valence-electron chi connectivity index (χ4n) is 2.22. The highest BCUT2D eigenvalue weighted by atomic mass is 35.7. The lowest BCUT2D eigenvalue weighted by Crippen LogP contribution is -2.40. The minimum Gasteiger partial charge on any atom is -0.351 e. The fourth-order valence-corrected chi connectivity index (χ4v) is 3.48. The molecule has 0 bridgehead atoms. The third kappa shape index (κ3) is 3.83. The Bertz CT molecular complexity index is 684. The molecule has 0 atom stereocenters. The van der Waals surface area contributed by atoms with Gasteiger partial charge in [-0.1, -0.05) is 36.5 Å². The van der Waals surface area contributed by atoms with Crippen LogP contribution in [0.15, 0.2) is 17.0 Å². The number of amides is 1. The van der Waals surface area contributed by atoms with Gasteiger partial charge < -0.3 is 5.32 Å². The molecule has 8 heteroatoms. The second kappa shape index (κ2) is 5.95. The minimum absolute atomic E-state index is 0.00585. The van der Waals surface area contributed by atoms with E-state index in [-0.39, 0.29) is 25.9 Å². The Morgan fingerprint density at radius 1 is 1.33 bits per heavy atom. The molecule has 0 heterocycles. The number of carbonyl (C=O) groups is 1. The minimum atomic E-state index is -3.99. The quantitative estimate of drug-likeness (QED) is 0.819. The van der Waals surface area contributed by atoms with Gasteiger partial charge in [-0.15, -0.1) is 0 Å². The topological polar surface area (TPSA) is 63.2 Å². The van der Waals surface area contributed by atoms with Gasteiger partial charge in [0.1, 0.15) is 0 Å². The lowest BCUT2D eigenvalue weighted by molar-refractivity contribution is 0.0890. The van der Waals surface area contributed by atoms with Gasteiger partial charge in [-0.2, -0.15) is 0 Å². The molecule has 4 nitrogen and oxygen atoms in total. The highest BCUT2D eigenvalue weighted by Crippen LogP contribution is 2.39. The Kier molecular flexibility index (Phi) is 4.78. The van der Waals surface area contributed by atoms with Crippen molar-refractivity contribution in [3.8, 4) is 0 Å². The van der Waals surface area contributed by atoms with Crippen LogP contribution in [0, 0.1) is 5.41 Å². The third-order valence-corrected chi connectivity index (χ3v) is 5.90. The van der Waals surface area contributed by atoms with Crippen LogP contribution < -0.4 is 5.32 Å². The van der Waals surface area contributed by atoms with Crippen molar-refractivity contribution < 1.29 is 13.2 Å². The van der Waals surface area contributed by atoms with Crippen molar-refractivity contribution >= 4 is 48.8 Å². The first-order valence-electron chi connectivity index (χ1n) is 6.34. The molecule has 1 saturated carbocycles. The SMILES string of the molecule is CC1(CNC(=O)c2cc(S(=O)(=O)Cl)cc(Cl)c2Cl)CCC1. The van der Waals surface area contributed by atoms with Crippen LogP contribution in [0.2, 0.25) is 10.0 Å². The molecule has 0 unspecified atom stereocenters. The second-order valence-electron chi connectivity index (χ2n) is 5.55. The molecule has 116 valence electrons. The fraction of sp³-hybridized carbons (Fsp3) is 0.462. The zero-order valence-electron chi connectivity index (χ0n) is 11.3. The maximum Gasteiger partial charge on any atom is 0.261 e. The Morgan fingerprint density at radius 3 is 2.43 bits per heavy atom. The zero-order chi connectivity index (χ0) is 15.8. The first kappa shape index (κ1) is 16.9. The predicted octanol–water partition coefficient (Wildman–Crippen LogP) is 3.84. The van der Waals surface area contributed by atoms with Gasteiger partial charge in [0.2, 0.25) is 0 Å². The van der Waals surface area contributed by atoms with Crippen LogP contribution in [0.1, 0.15) is 36.5 Å². The maximum absolute atomic E-state index is 12.2. The number of benzene rings is 1. The van der Waals surface area contributed by atoms with E-state index < -0.39 is 15.0 Å². The summed E-state index contributed by atoms with van der Waals surface area (Å²) in [7, 11) is 1.29. The molecule has 1 aliphatic rings. The van der Waals surface area contributed by atoms with Gasteiger partial charge in [0.15, 0.2) is 0 Å². The zero-order valence-corrected chi connectivity index (χ0v) is 14.3. The van der Waals surface area contributed by atoms with Crippen molar-refractivity contribution in [2.45, 2.75) is 31.1 Å². The van der Waals surface area contributed by atoms with Crippen molar-refractivity contribution in [3.63, 3.8) is 0 Å². The van der Waals surface area contributed by atoms with Gasteiger partial charge in [-0.25, -0.2) is 8.42 Å². The van der Waals surface area contributed by atoms with E-state index in [1.807, 2.05) is 0 Å². The molecule has 1 aromatic carbocycles. The molecular formula is C13H14Cl3NO3S. The summed E-state index contributed by atoms with van der Waals surface area (Å²) in [6.07, 6.45) is 3.26. The van der Waals surface area contributed by atoms with E-state index in [0.717, 1.165) is 31.4 Å². The molecule has 0 aliphatic heterocycles. The smallest absolute Gasteiger partial charge is 0.261 e. The van der Waals surface area contributed by atoms with Crippen LogP contribution in [0.25, 0.3) is 0 Å². The second-order valence-corrected chi connectivity index (χ2v) is 8.90. The van der Waals surface area contributed by atoms with Gasteiger partial charge in [-0.05, 0) is 30.4 Å². The van der Waals surface area contributed by atoms with E-state index >= 15 is 0 Å². The summed E-state index contributed by atoms with van der Waals surface area (Å²) in [5.74, 6) is -0.461. The van der Waals surface area contributed by atoms with E-state index in [2.05, 4.69) is 12.2 Å². The normalized spacial score (nSPS) is 17.1. The van der Waals surface area contributed by atoms with Crippen LogP contribution in [0.4, 0.5) is 0 Å². The molecular weight excluding hydrogens is 357 g/mol. The van der Waals surface area contributed by atoms with Gasteiger partial charge in [-0.3, -0.25) is 4.79 Å². The molecule has 1 amide bonds. The van der Waals surface area contributed by atoms with Gasteiger partial charge in [0.25, 0.3) is 15.0 Å². The summed E-state index contributed by atoms with van der Waals surface area (Å²) in [6, 6.07) is 2.26. The number of hydrogen-bond donors (Lipinski definition) is 1. The average Bonchev–Trinajstić information content (AvgIpc) is 2.35. The molecule has 0 aromatic heterocycles. The maximum atomic E-state index is 12.2. The van der Waals surface area contributed by atoms with Crippen molar-refractivity contribution in [1.82, 2.24) is 5.32 Å². The summed E-state index contributed by atoms with van der Waals surface area (Å²) in [5, 5.41) is 2.75. The Labute approximate surface area is 138 Å². The molecule has 1 aliphatic carbocycles. The van der Waals surface area contributed by atoms with Crippen LogP contribution in [-0.4, -0.2) is 20.9 Å². The van der Waals surface area contributed by atoms with Gasteiger partial charge in [0.05, 0.1) is 20.5 Å². The van der Waals surface area contributed by atoms with E-state index in [1.54, 1.807) is 0 Å². The van der Waals surface area contributed by atoms with Crippen molar-refractivity contribution in [2.75, 3.05) is 6.54 Å². The van der Waals surface area contributed by atoms with Crippen LogP contribution in [-0.2, 0) is 9.05 Å². The van der Waals surface area contributed by atoms with Gasteiger partial charge >= 0.3 is 0 Å². The summed E-state index contributed by atoms with van der Waals surface area (Å²) < 4.78 is 22.8. The highest BCUT2D eigenvalue weighted by Gasteiger charge is 2.32. The number of halogens is 3. The highest BCUT2D eigenvalue weighted by molar-refractivity contribution is 8.13. The number of hydrogen-bond acceptors (Lipinski definition) is 3. The van der Waals surface area contributed by atoms with Crippen LogP contribution in [0.3, 0.4) is 0 Å². The van der Waals surface area contributed by atoms with Crippen LogP contribution >= 0.6 is 33.9 Å². The number of carbonyl (C=O) groups excluding carboxylic acids is 1. The summed E-state index contributed by atoms with van der Waals surface area (Å²) in [6.45, 7) is 2.60. The first-order chi connectivity index (χ1) is 9.62. The molecule has 2 rings (SSSR count). The molecule has 1 N–H and O–H groups in total. The van der Waals surface area contributed by atoms with E-state index in [4.69, 9.17) is 33.9 Å². The van der Waals surface area contributed by atoms with E-state index in [0.29, 0.717) is 6.54 Å². The third-order valence-electron chi connectivity index (χ3n) is 3.76. The monoisotopic (exact) mass is 369 g/mol. The largest absolute Gasteiger partial charge is 0.351 e. The average molecular weight is 371 g/mol. The van der Waals surface area contributed by atoms with E-state index in [1.165, 1.54) is 0 Å². The van der Waals surface area contributed by atoms with Crippen molar-refractivity contribution in [1.29, 1.82) is 0 Å². The molecule has 1 aromatic rings. The molecule has 0 radical (unpaired) electrons. The summed E-state index contributed by atoms with van der Waals surface area (Å²) >= 11 is 11.8. The van der Waals surface area contributed by atoms with Crippen molar-refractivity contribution in [2.24, 2.45) is 5.41 Å².